The number of hydrogen-bond acceptors (Lipinski definition) is 4. The summed E-state index contributed by atoms with van der Waals surface area (Å²) in [7, 11) is 0. The summed E-state index contributed by atoms with van der Waals surface area (Å²) in [5.74, 6) is 1.84. The molecule has 0 radical (unpaired) electrons. The summed E-state index contributed by atoms with van der Waals surface area (Å²) in [6.07, 6.45) is 8.27. The lowest BCUT2D eigenvalue weighted by molar-refractivity contribution is 0.323. The lowest BCUT2D eigenvalue weighted by Gasteiger charge is -2.25. The number of benzene rings is 1. The van der Waals surface area contributed by atoms with Crippen molar-refractivity contribution < 1.29 is 4.74 Å². The van der Waals surface area contributed by atoms with Crippen molar-refractivity contribution in [3.05, 3.63) is 24.5 Å². The smallest absolute Gasteiger partial charge is 0.167 e. The Morgan fingerprint density at radius 1 is 1.19 bits per heavy atom. The van der Waals surface area contributed by atoms with Gasteiger partial charge in [0.15, 0.2) is 11.6 Å². The van der Waals surface area contributed by atoms with Gasteiger partial charge in [-0.15, -0.1) is 10.2 Å². The van der Waals surface area contributed by atoms with E-state index in [1.54, 1.807) is 0 Å². The first-order valence-corrected chi connectivity index (χ1v) is 7.83. The largest absolute Gasteiger partial charge is 0.489 e. The van der Waals surface area contributed by atoms with Crippen LogP contribution in [0.3, 0.4) is 0 Å². The number of aromatic nitrogens is 3. The summed E-state index contributed by atoms with van der Waals surface area (Å²) >= 11 is 0. The van der Waals surface area contributed by atoms with Crippen LogP contribution in [0.2, 0.25) is 0 Å². The summed E-state index contributed by atoms with van der Waals surface area (Å²) in [4.78, 5) is 0. The maximum absolute atomic E-state index is 5.88. The molecule has 0 saturated heterocycles. The second-order valence-corrected chi connectivity index (χ2v) is 5.81. The molecule has 0 atom stereocenters. The third kappa shape index (κ3) is 2.26. The number of para-hydroxylation sites is 1. The Labute approximate surface area is 124 Å². The van der Waals surface area contributed by atoms with E-state index in [4.69, 9.17) is 4.74 Å². The molecule has 1 aliphatic heterocycles. The second kappa shape index (κ2) is 5.39. The van der Waals surface area contributed by atoms with E-state index in [-0.39, 0.29) is 0 Å². The summed E-state index contributed by atoms with van der Waals surface area (Å²) in [5, 5.41) is 11.9. The Balaban J connectivity index is 1.76. The molecule has 1 aromatic heterocycles. The lowest BCUT2D eigenvalue weighted by atomic mass is 9.95. The molecule has 2 aromatic rings. The zero-order valence-corrected chi connectivity index (χ0v) is 12.1. The van der Waals surface area contributed by atoms with Crippen LogP contribution >= 0.6 is 0 Å². The van der Waals surface area contributed by atoms with Crippen LogP contribution in [-0.4, -0.2) is 27.9 Å². The van der Waals surface area contributed by atoms with Crippen molar-refractivity contribution >= 4 is 5.69 Å². The maximum Gasteiger partial charge on any atom is 0.167 e. The van der Waals surface area contributed by atoms with Crippen molar-refractivity contribution in [3.63, 3.8) is 0 Å². The molecular weight excluding hydrogens is 264 g/mol. The molecule has 5 nitrogen and oxygen atoms in total. The van der Waals surface area contributed by atoms with Crippen molar-refractivity contribution in [2.75, 3.05) is 18.5 Å². The lowest BCUT2D eigenvalue weighted by Crippen LogP contribution is -2.19. The van der Waals surface area contributed by atoms with Gasteiger partial charge in [-0.1, -0.05) is 25.3 Å². The second-order valence-electron chi connectivity index (χ2n) is 5.81. The predicted octanol–water partition coefficient (Wildman–Crippen LogP) is 3.25. The Kier molecular flexibility index (Phi) is 3.25. The fourth-order valence-electron chi connectivity index (χ4n) is 3.41. The van der Waals surface area contributed by atoms with Gasteiger partial charge in [0, 0.05) is 12.6 Å². The van der Waals surface area contributed by atoms with Crippen LogP contribution in [0.15, 0.2) is 24.5 Å². The number of ether oxygens (including phenoxy) is 1. The van der Waals surface area contributed by atoms with Gasteiger partial charge in [0.1, 0.15) is 12.9 Å². The van der Waals surface area contributed by atoms with Crippen molar-refractivity contribution in [2.24, 2.45) is 0 Å². The average Bonchev–Trinajstić information content (AvgIpc) is 3.04. The number of nitrogens with one attached hydrogen (secondary N) is 1. The highest BCUT2D eigenvalue weighted by molar-refractivity contribution is 5.75. The molecule has 0 unspecified atom stereocenters. The van der Waals surface area contributed by atoms with Gasteiger partial charge in [-0.2, -0.15) is 0 Å². The van der Waals surface area contributed by atoms with E-state index < -0.39 is 0 Å². The van der Waals surface area contributed by atoms with Crippen molar-refractivity contribution in [1.29, 1.82) is 0 Å². The standard InChI is InChI=1S/C16H20N4O/c1-2-5-12(6-3-1)20-11-18-19-16(20)13-7-4-8-14-15(13)21-10-9-17-14/h4,7-8,11-12,17H,1-3,5-6,9-10H2. The molecule has 110 valence electrons. The van der Waals surface area contributed by atoms with Gasteiger partial charge in [0.2, 0.25) is 0 Å². The van der Waals surface area contributed by atoms with Crippen LogP contribution in [0.4, 0.5) is 5.69 Å². The topological polar surface area (TPSA) is 52.0 Å². The molecule has 2 aliphatic rings. The Morgan fingerprint density at radius 2 is 2.10 bits per heavy atom. The van der Waals surface area contributed by atoms with E-state index in [0.717, 1.165) is 29.4 Å². The normalized spacial score (nSPS) is 18.7. The van der Waals surface area contributed by atoms with Crippen molar-refractivity contribution in [2.45, 2.75) is 38.1 Å². The third-order valence-electron chi connectivity index (χ3n) is 4.46. The zero-order chi connectivity index (χ0) is 14.1. The Morgan fingerprint density at radius 3 is 3.00 bits per heavy atom. The fourth-order valence-corrected chi connectivity index (χ4v) is 3.41. The number of hydrogen-bond donors (Lipinski definition) is 1. The third-order valence-corrected chi connectivity index (χ3v) is 4.46. The fraction of sp³-hybridized carbons (Fsp3) is 0.500. The number of fused-ring (bicyclic) bond motifs is 1. The van der Waals surface area contributed by atoms with E-state index >= 15 is 0 Å². The van der Waals surface area contributed by atoms with Gasteiger partial charge in [-0.25, -0.2) is 0 Å². The highest BCUT2D eigenvalue weighted by Crippen LogP contribution is 2.39. The first-order valence-electron chi connectivity index (χ1n) is 7.83. The van der Waals surface area contributed by atoms with Crippen LogP contribution < -0.4 is 10.1 Å². The van der Waals surface area contributed by atoms with Crippen LogP contribution in [0, 0.1) is 0 Å². The molecule has 2 heterocycles. The van der Waals surface area contributed by atoms with Gasteiger partial charge in [-0.05, 0) is 25.0 Å². The van der Waals surface area contributed by atoms with Crippen LogP contribution in [0.5, 0.6) is 5.75 Å². The molecule has 0 amide bonds. The minimum Gasteiger partial charge on any atom is -0.489 e. The van der Waals surface area contributed by atoms with E-state index in [1.165, 1.54) is 32.1 Å². The first kappa shape index (κ1) is 12.7. The molecule has 1 aliphatic carbocycles. The zero-order valence-electron chi connectivity index (χ0n) is 12.1. The first-order chi connectivity index (χ1) is 10.4. The SMILES string of the molecule is c1cc2c(c(-c3nncn3C3CCCCC3)c1)OCCN2. The number of nitrogens with zero attached hydrogens (tertiary/aromatic N) is 3. The minimum atomic E-state index is 0.524. The van der Waals surface area contributed by atoms with E-state index in [9.17, 15) is 0 Å². The molecule has 1 N–H and O–H groups in total. The van der Waals surface area contributed by atoms with Gasteiger partial charge in [0.25, 0.3) is 0 Å². The number of rotatable bonds is 2. The van der Waals surface area contributed by atoms with Crippen LogP contribution in [0.25, 0.3) is 11.4 Å². The van der Waals surface area contributed by atoms with Crippen LogP contribution in [0.1, 0.15) is 38.1 Å². The van der Waals surface area contributed by atoms with E-state index in [1.807, 2.05) is 6.33 Å². The van der Waals surface area contributed by atoms with Gasteiger partial charge in [-0.3, -0.25) is 0 Å². The highest BCUT2D eigenvalue weighted by Gasteiger charge is 2.23. The molecule has 1 saturated carbocycles. The molecule has 21 heavy (non-hydrogen) atoms. The summed E-state index contributed by atoms with van der Waals surface area (Å²) in [5.41, 5.74) is 2.10. The molecule has 0 spiro atoms. The molecule has 1 fully saturated rings. The summed E-state index contributed by atoms with van der Waals surface area (Å²) in [6, 6.07) is 6.71. The molecule has 1 aromatic carbocycles. The summed E-state index contributed by atoms with van der Waals surface area (Å²) < 4.78 is 8.12. The Hall–Kier alpha value is -2.04. The quantitative estimate of drug-likeness (QED) is 0.919. The van der Waals surface area contributed by atoms with E-state index in [0.29, 0.717) is 12.6 Å². The van der Waals surface area contributed by atoms with Gasteiger partial charge >= 0.3 is 0 Å². The molecule has 4 rings (SSSR count). The molecule has 0 bridgehead atoms. The average molecular weight is 284 g/mol. The molecular formula is C16H20N4O. The van der Waals surface area contributed by atoms with Gasteiger partial charge in [0.05, 0.1) is 11.3 Å². The maximum atomic E-state index is 5.88. The summed E-state index contributed by atoms with van der Waals surface area (Å²) in [6.45, 7) is 1.55. The van der Waals surface area contributed by atoms with Crippen molar-refractivity contribution in [3.8, 4) is 17.1 Å². The van der Waals surface area contributed by atoms with E-state index in [2.05, 4.69) is 38.3 Å². The monoisotopic (exact) mass is 284 g/mol. The van der Waals surface area contributed by atoms with Crippen LogP contribution in [-0.2, 0) is 0 Å². The molecule has 5 heteroatoms. The highest BCUT2D eigenvalue weighted by atomic mass is 16.5. The van der Waals surface area contributed by atoms with Crippen molar-refractivity contribution in [1.82, 2.24) is 14.8 Å². The van der Waals surface area contributed by atoms with Gasteiger partial charge < -0.3 is 14.6 Å². The minimum absolute atomic E-state index is 0.524. The Bertz CT molecular complexity index is 631. The number of anilines is 1. The predicted molar refractivity (Wildman–Crippen MR) is 81.6 cm³/mol.